The van der Waals surface area contributed by atoms with Crippen molar-refractivity contribution in [2.24, 2.45) is 11.8 Å². The predicted octanol–water partition coefficient (Wildman–Crippen LogP) is -0.886. The van der Waals surface area contributed by atoms with E-state index in [1.54, 1.807) is 0 Å². The highest BCUT2D eigenvalue weighted by molar-refractivity contribution is 7.16. The third-order valence-corrected chi connectivity index (χ3v) is 6.13. The zero-order valence-corrected chi connectivity index (χ0v) is 16.3. The molecule has 0 radical (unpaired) electrons. The molecular weight excluding hydrogens is 404 g/mol. The van der Waals surface area contributed by atoms with Crippen LogP contribution in [0.25, 0.3) is 10.3 Å². The lowest BCUT2D eigenvalue weighted by Crippen LogP contribution is -2.33. The first-order valence-electron chi connectivity index (χ1n) is 9.18. The number of aromatic amines is 1. The molecular formula is C17H19N4O7S-. The number of carboxylic acids is 1. The molecule has 3 N–H and O–H groups in total. The summed E-state index contributed by atoms with van der Waals surface area (Å²) < 4.78 is 12.7. The maximum atomic E-state index is 12.6. The van der Waals surface area contributed by atoms with Crippen molar-refractivity contribution < 1.29 is 24.2 Å². The summed E-state index contributed by atoms with van der Waals surface area (Å²) in [5, 5.41) is 11.3. The summed E-state index contributed by atoms with van der Waals surface area (Å²) in [7, 11) is 0. The lowest BCUT2D eigenvalue weighted by Gasteiger charge is -2.23. The van der Waals surface area contributed by atoms with E-state index in [0.29, 0.717) is 11.3 Å². The number of fused-ring (bicyclic) bond motifs is 1. The summed E-state index contributed by atoms with van der Waals surface area (Å²) in [6, 6.07) is 0. The zero-order chi connectivity index (χ0) is 20.9. The summed E-state index contributed by atoms with van der Waals surface area (Å²) in [4.78, 5) is 53.4. The van der Waals surface area contributed by atoms with Gasteiger partial charge in [-0.25, -0.2) is 0 Å². The van der Waals surface area contributed by atoms with Crippen LogP contribution < -0.4 is 21.3 Å². The third kappa shape index (κ3) is 3.77. The molecule has 0 bridgehead atoms. The van der Waals surface area contributed by atoms with Gasteiger partial charge in [0.15, 0.2) is 5.65 Å². The topological polar surface area (TPSA) is 169 Å². The van der Waals surface area contributed by atoms with Crippen LogP contribution in [0.15, 0.2) is 9.59 Å². The molecule has 2 aromatic rings. The number of hydrogen-bond acceptors (Lipinski definition) is 10. The van der Waals surface area contributed by atoms with Crippen LogP contribution in [-0.2, 0) is 19.1 Å². The summed E-state index contributed by atoms with van der Waals surface area (Å²) in [5.41, 5.74) is 5.09. The van der Waals surface area contributed by atoms with Gasteiger partial charge in [-0.3, -0.25) is 23.9 Å². The lowest BCUT2D eigenvalue weighted by molar-refractivity contribution is -0.307. The highest BCUT2D eigenvalue weighted by atomic mass is 32.1. The molecule has 11 nitrogen and oxygen atoms in total. The molecule has 2 aliphatic rings. The molecule has 2 aromatic heterocycles. The first kappa shape index (κ1) is 19.6. The van der Waals surface area contributed by atoms with E-state index in [-0.39, 0.29) is 35.1 Å². The maximum Gasteiger partial charge on any atom is 0.311 e. The van der Waals surface area contributed by atoms with E-state index in [1.165, 1.54) is 6.92 Å². The quantitative estimate of drug-likeness (QED) is 0.560. The van der Waals surface area contributed by atoms with Crippen molar-refractivity contribution in [1.82, 2.24) is 14.5 Å². The number of nitrogens with one attached hydrogen (secondary N) is 1. The van der Waals surface area contributed by atoms with Gasteiger partial charge in [-0.2, -0.15) is 4.98 Å². The number of esters is 1. The minimum Gasteiger partial charge on any atom is -0.550 e. The Hall–Kier alpha value is -2.73. The van der Waals surface area contributed by atoms with Crippen LogP contribution >= 0.6 is 11.3 Å². The van der Waals surface area contributed by atoms with E-state index < -0.39 is 46.7 Å². The van der Waals surface area contributed by atoms with Gasteiger partial charge in [0.1, 0.15) is 17.0 Å². The molecule has 4 rings (SSSR count). The van der Waals surface area contributed by atoms with Gasteiger partial charge in [-0.1, -0.05) is 11.3 Å². The van der Waals surface area contributed by atoms with Crippen molar-refractivity contribution in [2.75, 3.05) is 5.73 Å². The fraction of sp³-hybridized carbons (Fsp3) is 0.588. The second-order valence-corrected chi connectivity index (χ2v) is 8.35. The van der Waals surface area contributed by atoms with E-state index >= 15 is 0 Å². The van der Waals surface area contributed by atoms with E-state index in [9.17, 15) is 24.3 Å². The number of carboxylic acid groups (broad SMARTS) is 1. The highest BCUT2D eigenvalue weighted by Gasteiger charge is 2.47. The molecule has 1 saturated carbocycles. The van der Waals surface area contributed by atoms with Gasteiger partial charge in [0.05, 0.1) is 6.10 Å². The zero-order valence-electron chi connectivity index (χ0n) is 15.5. The number of nitrogens with two attached hydrogens (primary N) is 1. The monoisotopic (exact) mass is 423 g/mol. The summed E-state index contributed by atoms with van der Waals surface area (Å²) in [6.07, 6.45) is -0.447. The number of aliphatic carboxylic acids is 1. The van der Waals surface area contributed by atoms with Crippen molar-refractivity contribution in [2.45, 2.75) is 51.0 Å². The number of rotatable bonds is 6. The number of carbonyl (C=O) groups is 2. The van der Waals surface area contributed by atoms with Gasteiger partial charge in [-0.15, -0.1) is 0 Å². The predicted molar refractivity (Wildman–Crippen MR) is 98.8 cm³/mol. The Bertz CT molecular complexity index is 1090. The first-order chi connectivity index (χ1) is 13.7. The molecule has 1 aliphatic carbocycles. The largest absolute Gasteiger partial charge is 0.550 e. The van der Waals surface area contributed by atoms with Crippen LogP contribution in [0.2, 0.25) is 0 Å². The smallest absolute Gasteiger partial charge is 0.311 e. The number of hydrogen-bond donors (Lipinski definition) is 2. The Balaban J connectivity index is 1.75. The molecule has 0 amide bonds. The summed E-state index contributed by atoms with van der Waals surface area (Å²) >= 11 is 0.678. The number of ether oxygens (including phenoxy) is 2. The number of thiazole rings is 1. The van der Waals surface area contributed by atoms with Crippen LogP contribution in [0.5, 0.6) is 0 Å². The summed E-state index contributed by atoms with van der Waals surface area (Å²) in [6.45, 7) is 1.30. The Morgan fingerprint density at radius 3 is 2.79 bits per heavy atom. The molecule has 3 heterocycles. The van der Waals surface area contributed by atoms with E-state index in [2.05, 4.69) is 9.97 Å². The van der Waals surface area contributed by atoms with Gasteiger partial charge in [-0.05, 0) is 31.6 Å². The number of aromatic nitrogens is 3. The first-order valence-corrected chi connectivity index (χ1v) is 9.99. The van der Waals surface area contributed by atoms with E-state index in [4.69, 9.17) is 15.2 Å². The molecule has 2 fully saturated rings. The normalized spacial score (nSPS) is 25.2. The van der Waals surface area contributed by atoms with Crippen LogP contribution in [0, 0.1) is 11.8 Å². The number of H-pyrrole nitrogens is 1. The fourth-order valence-electron chi connectivity index (χ4n) is 3.90. The number of carbonyl (C=O) groups excluding carboxylic acids is 2. The fourth-order valence-corrected chi connectivity index (χ4v) is 4.75. The minimum absolute atomic E-state index is 0.0331. The molecule has 4 atom stereocenters. The van der Waals surface area contributed by atoms with Crippen molar-refractivity contribution in [1.29, 1.82) is 0 Å². The Morgan fingerprint density at radius 1 is 1.45 bits per heavy atom. The van der Waals surface area contributed by atoms with Crippen molar-refractivity contribution in [3.63, 3.8) is 0 Å². The molecule has 1 aliphatic heterocycles. The van der Waals surface area contributed by atoms with Crippen LogP contribution in [0.3, 0.4) is 0 Å². The van der Waals surface area contributed by atoms with E-state index in [0.717, 1.165) is 17.4 Å². The second-order valence-electron chi connectivity index (χ2n) is 7.39. The van der Waals surface area contributed by atoms with Gasteiger partial charge >= 0.3 is 10.8 Å². The van der Waals surface area contributed by atoms with Gasteiger partial charge in [0.2, 0.25) is 5.95 Å². The van der Waals surface area contributed by atoms with Crippen molar-refractivity contribution in [3.05, 3.63) is 20.0 Å². The van der Waals surface area contributed by atoms with Crippen molar-refractivity contribution in [3.8, 4) is 0 Å². The Morgan fingerprint density at radius 2 is 2.17 bits per heavy atom. The van der Waals surface area contributed by atoms with Gasteiger partial charge in [0.25, 0.3) is 5.56 Å². The van der Waals surface area contributed by atoms with E-state index in [1.807, 2.05) is 0 Å². The molecule has 156 valence electrons. The Kier molecular flexibility index (Phi) is 4.90. The molecule has 1 saturated heterocycles. The van der Waals surface area contributed by atoms with Gasteiger partial charge < -0.3 is 25.1 Å². The average molecular weight is 423 g/mol. The average Bonchev–Trinajstić information content (AvgIpc) is 3.30. The molecule has 0 spiro atoms. The van der Waals surface area contributed by atoms with Crippen molar-refractivity contribution >= 4 is 39.6 Å². The molecule has 1 unspecified atom stereocenters. The minimum atomic E-state index is -1.29. The molecule has 12 heteroatoms. The number of nitrogen functional groups attached to an aromatic ring is 1. The maximum absolute atomic E-state index is 12.6. The van der Waals surface area contributed by atoms with Crippen LogP contribution in [-0.4, -0.2) is 38.7 Å². The summed E-state index contributed by atoms with van der Waals surface area (Å²) in [5.74, 6) is -2.41. The Labute approximate surface area is 167 Å². The molecule has 29 heavy (non-hydrogen) atoms. The second kappa shape index (κ2) is 7.26. The molecule has 0 aromatic carbocycles. The van der Waals surface area contributed by atoms with Crippen LogP contribution in [0.1, 0.15) is 38.8 Å². The lowest BCUT2D eigenvalue weighted by atomic mass is 9.95. The standard InChI is InChI=1S/C17H20N4O7S/c1-6(22)27-11(7-2-3-7)9-4-8(5-10(23)24)15(28-9)21-13-12(29-17(21)26)14(25)20-16(18)19-13/h7-9,11,15H,2-5H2,1H3,(H,23,24)(H3,18,19,20,25)/p-1/t8-,9+,11?,15-/m1/s1. The number of nitrogens with zero attached hydrogens (tertiary/aromatic N) is 2. The van der Waals surface area contributed by atoms with Gasteiger partial charge in [0, 0.05) is 18.8 Å². The highest BCUT2D eigenvalue weighted by Crippen LogP contribution is 2.45. The van der Waals surface area contributed by atoms with Crippen LogP contribution in [0.4, 0.5) is 5.95 Å². The third-order valence-electron chi connectivity index (χ3n) is 5.18. The number of anilines is 1. The SMILES string of the molecule is CC(=O)OC(C1CC1)[C@@H]1C[C@H](CC(=O)[O-])[C@H](n2c(=O)sc3c(=O)[nH]c(N)nc32)O1.